The summed E-state index contributed by atoms with van der Waals surface area (Å²) in [4.78, 5) is 38.1. The highest BCUT2D eigenvalue weighted by atomic mass is 16.7. The van der Waals surface area contributed by atoms with Crippen LogP contribution < -0.4 is 11.5 Å². The number of hydrogen-bond acceptors (Lipinski definition) is 6. The molecule has 1 aromatic rings. The Hall–Kier alpha value is -3.37. The summed E-state index contributed by atoms with van der Waals surface area (Å²) in [6.07, 6.45) is -1.44. The molecule has 0 aliphatic carbocycles. The van der Waals surface area contributed by atoms with E-state index in [2.05, 4.69) is 4.99 Å². The molecule has 0 saturated carbocycles. The van der Waals surface area contributed by atoms with Crippen LogP contribution in [0.25, 0.3) is 0 Å². The molecule has 0 aromatic heterocycles. The number of aliphatic carboxylic acids is 1. The molecule has 0 radical (unpaired) electrons. The molecule has 0 saturated heterocycles. The van der Waals surface area contributed by atoms with Crippen LogP contribution in [0.2, 0.25) is 0 Å². The van der Waals surface area contributed by atoms with Gasteiger partial charge in [0.2, 0.25) is 0 Å². The molecule has 1 amide bonds. The number of rotatable bonds is 9. The van der Waals surface area contributed by atoms with Crippen molar-refractivity contribution in [1.29, 1.82) is 0 Å². The van der Waals surface area contributed by atoms with Gasteiger partial charge in [0, 0.05) is 6.54 Å². The molecule has 0 heterocycles. The summed E-state index contributed by atoms with van der Waals surface area (Å²) in [5.74, 6) is -1.71. The van der Waals surface area contributed by atoms with E-state index in [9.17, 15) is 24.8 Å². The number of nitrogens with zero attached hydrogens (tertiary/aromatic N) is 3. The summed E-state index contributed by atoms with van der Waals surface area (Å²) < 4.78 is 4.84. The van der Waals surface area contributed by atoms with Crippen LogP contribution in [0.15, 0.2) is 35.3 Å². The number of hydrogen-bond donors (Lipinski definition) is 3. The van der Waals surface area contributed by atoms with Gasteiger partial charge in [-0.1, -0.05) is 30.3 Å². The molecule has 0 spiro atoms. The number of amides is 1. The van der Waals surface area contributed by atoms with Gasteiger partial charge in [-0.15, -0.1) is 0 Å². The number of benzene rings is 1. The first-order chi connectivity index (χ1) is 11.8. The van der Waals surface area contributed by atoms with Crippen LogP contribution in [-0.2, 0) is 16.1 Å². The number of nitro groups is 1. The van der Waals surface area contributed by atoms with Crippen LogP contribution in [0.5, 0.6) is 0 Å². The molecule has 0 bridgehead atoms. The standard InChI is InChI=1S/C14H19N5O6/c15-13(16)17-8-4-7-11(12(20)21)18(19(23)24)14(22)25-9-10-5-2-1-3-6-10/h1-3,5-6,11H,4,7-9H2,(H,20,21)(H4,15,16,17). The molecule has 0 aliphatic heterocycles. The van der Waals surface area contributed by atoms with Gasteiger partial charge in [-0.05, 0) is 23.4 Å². The van der Waals surface area contributed by atoms with Crippen LogP contribution in [0.3, 0.4) is 0 Å². The number of nitrogens with two attached hydrogens (primary N) is 2. The van der Waals surface area contributed by atoms with Crippen LogP contribution in [0.4, 0.5) is 4.79 Å². The monoisotopic (exact) mass is 353 g/mol. The first-order valence-corrected chi connectivity index (χ1v) is 7.25. The average Bonchev–Trinajstić information content (AvgIpc) is 2.55. The average molecular weight is 353 g/mol. The van der Waals surface area contributed by atoms with E-state index in [-0.39, 0.29) is 37.0 Å². The number of carboxylic acids is 1. The van der Waals surface area contributed by atoms with Crippen LogP contribution >= 0.6 is 0 Å². The molecule has 0 fully saturated rings. The Bertz CT molecular complexity index is 632. The van der Waals surface area contributed by atoms with Gasteiger partial charge >= 0.3 is 12.1 Å². The number of ether oxygens (including phenoxy) is 1. The number of carbonyl (C=O) groups is 2. The van der Waals surface area contributed by atoms with E-state index in [1.807, 2.05) is 0 Å². The van der Waals surface area contributed by atoms with Gasteiger partial charge in [-0.2, -0.15) is 0 Å². The predicted octanol–water partition coefficient (Wildman–Crippen LogP) is 0.324. The van der Waals surface area contributed by atoms with Crippen molar-refractivity contribution in [2.45, 2.75) is 25.5 Å². The maximum atomic E-state index is 12.0. The maximum absolute atomic E-state index is 12.0. The van der Waals surface area contributed by atoms with Crippen molar-refractivity contribution in [3.8, 4) is 0 Å². The number of guanidine groups is 1. The molecule has 136 valence electrons. The summed E-state index contributed by atoms with van der Waals surface area (Å²) in [6, 6.07) is 6.79. The molecule has 1 rings (SSSR count). The normalized spacial score (nSPS) is 11.2. The summed E-state index contributed by atoms with van der Waals surface area (Å²) in [5.41, 5.74) is 10.9. The third-order valence-electron chi connectivity index (χ3n) is 3.08. The van der Waals surface area contributed by atoms with Gasteiger partial charge in [-0.25, -0.2) is 19.7 Å². The summed E-state index contributed by atoms with van der Waals surface area (Å²) in [6.45, 7) is -0.138. The van der Waals surface area contributed by atoms with Crippen LogP contribution in [0.1, 0.15) is 18.4 Å². The third-order valence-corrected chi connectivity index (χ3v) is 3.08. The van der Waals surface area contributed by atoms with Crippen LogP contribution in [-0.4, -0.2) is 45.8 Å². The van der Waals surface area contributed by atoms with Gasteiger partial charge in [0.05, 0.1) is 0 Å². The molecule has 1 atom stereocenters. The highest BCUT2D eigenvalue weighted by molar-refractivity contribution is 5.79. The zero-order chi connectivity index (χ0) is 18.8. The van der Waals surface area contributed by atoms with E-state index < -0.39 is 23.1 Å². The molecule has 11 nitrogen and oxygen atoms in total. The van der Waals surface area contributed by atoms with Gasteiger partial charge in [0.15, 0.2) is 17.0 Å². The minimum Gasteiger partial charge on any atom is -0.480 e. The topological polar surface area (TPSA) is 174 Å². The van der Waals surface area contributed by atoms with E-state index in [1.165, 1.54) is 0 Å². The zero-order valence-electron chi connectivity index (χ0n) is 13.3. The Balaban J connectivity index is 2.75. The van der Waals surface area contributed by atoms with Crippen molar-refractivity contribution in [3.05, 3.63) is 46.0 Å². The fourth-order valence-electron chi connectivity index (χ4n) is 1.94. The number of carbonyl (C=O) groups excluding carboxylic acids is 1. The quantitative estimate of drug-likeness (QED) is 0.187. The summed E-state index contributed by atoms with van der Waals surface area (Å²) in [7, 11) is 0. The Morgan fingerprint density at radius 2 is 1.96 bits per heavy atom. The molecule has 5 N–H and O–H groups in total. The molecule has 0 aliphatic rings. The van der Waals surface area contributed by atoms with E-state index >= 15 is 0 Å². The van der Waals surface area contributed by atoms with Gasteiger partial charge in [0.1, 0.15) is 6.61 Å². The molecule has 1 aromatic carbocycles. The largest absolute Gasteiger partial charge is 0.480 e. The van der Waals surface area contributed by atoms with Crippen molar-refractivity contribution in [1.82, 2.24) is 5.01 Å². The van der Waals surface area contributed by atoms with E-state index in [4.69, 9.17) is 16.2 Å². The minimum atomic E-state index is -1.70. The molecule has 1 unspecified atom stereocenters. The van der Waals surface area contributed by atoms with Gasteiger partial charge < -0.3 is 21.3 Å². The van der Waals surface area contributed by atoms with Crippen molar-refractivity contribution in [3.63, 3.8) is 0 Å². The Labute approximate surface area is 143 Å². The molecule has 11 heteroatoms. The van der Waals surface area contributed by atoms with E-state index in [1.54, 1.807) is 30.3 Å². The minimum absolute atomic E-state index is 0.0409. The Kier molecular flexibility index (Phi) is 7.63. The lowest BCUT2D eigenvalue weighted by molar-refractivity contribution is -0.641. The van der Waals surface area contributed by atoms with Gasteiger partial charge in [-0.3, -0.25) is 4.99 Å². The second kappa shape index (κ2) is 9.70. The fourth-order valence-corrected chi connectivity index (χ4v) is 1.94. The van der Waals surface area contributed by atoms with Crippen molar-refractivity contribution >= 4 is 18.0 Å². The second-order valence-electron chi connectivity index (χ2n) is 4.93. The molecule has 25 heavy (non-hydrogen) atoms. The molecular formula is C14H19N5O6. The zero-order valence-corrected chi connectivity index (χ0v) is 13.3. The number of carboxylic acid groups (broad SMARTS) is 1. The smallest absolute Gasteiger partial charge is 0.469 e. The third kappa shape index (κ3) is 6.72. The first kappa shape index (κ1) is 19.7. The van der Waals surface area contributed by atoms with Gasteiger partial charge in [0.25, 0.3) is 0 Å². The lowest BCUT2D eigenvalue weighted by Gasteiger charge is -2.19. The summed E-state index contributed by atoms with van der Waals surface area (Å²) in [5, 5.41) is 19.2. The van der Waals surface area contributed by atoms with E-state index in [0.717, 1.165) is 0 Å². The molecular weight excluding hydrogens is 334 g/mol. The number of hydrazine groups is 1. The van der Waals surface area contributed by atoms with Crippen molar-refractivity contribution < 1.29 is 24.5 Å². The fraction of sp³-hybridized carbons (Fsp3) is 0.357. The Morgan fingerprint density at radius 3 is 2.48 bits per heavy atom. The SMILES string of the molecule is NC(N)=NCCCC(C(=O)O)N(C(=O)OCc1ccccc1)[N+](=O)[O-]. The van der Waals surface area contributed by atoms with Crippen molar-refractivity contribution in [2.75, 3.05) is 6.54 Å². The number of aliphatic imine (C=N–C) groups is 1. The predicted molar refractivity (Wildman–Crippen MR) is 86.8 cm³/mol. The lowest BCUT2D eigenvalue weighted by Crippen LogP contribution is -2.48. The Morgan fingerprint density at radius 1 is 1.32 bits per heavy atom. The second-order valence-corrected chi connectivity index (χ2v) is 4.93. The van der Waals surface area contributed by atoms with Crippen LogP contribution in [0, 0.1) is 10.1 Å². The summed E-state index contributed by atoms with van der Waals surface area (Å²) >= 11 is 0. The maximum Gasteiger partial charge on any atom is 0.469 e. The first-order valence-electron chi connectivity index (χ1n) is 7.25. The highest BCUT2D eigenvalue weighted by Gasteiger charge is 2.40. The van der Waals surface area contributed by atoms with Crippen molar-refractivity contribution in [2.24, 2.45) is 16.5 Å². The van der Waals surface area contributed by atoms with E-state index in [0.29, 0.717) is 5.56 Å². The lowest BCUT2D eigenvalue weighted by atomic mass is 10.1. The highest BCUT2D eigenvalue weighted by Crippen LogP contribution is 2.12.